The number of rotatable bonds is 5. The predicted molar refractivity (Wildman–Crippen MR) is 66.0 cm³/mol. The third-order valence-electron chi connectivity index (χ3n) is 2.40. The molecular weight excluding hydrogens is 202 g/mol. The highest BCUT2D eigenvalue weighted by Gasteiger charge is 2.07. The van der Waals surface area contributed by atoms with Crippen LogP contribution in [-0.2, 0) is 0 Å². The van der Waals surface area contributed by atoms with Gasteiger partial charge in [0, 0.05) is 11.7 Å². The van der Waals surface area contributed by atoms with E-state index in [2.05, 4.69) is 18.8 Å². The van der Waals surface area contributed by atoms with Crippen molar-refractivity contribution in [3.63, 3.8) is 0 Å². The Morgan fingerprint density at radius 3 is 2.81 bits per heavy atom. The Labute approximate surface area is 95.8 Å². The molecule has 3 heteroatoms. The summed E-state index contributed by atoms with van der Waals surface area (Å²) in [6, 6.07) is 5.38. The van der Waals surface area contributed by atoms with Crippen LogP contribution in [0.2, 0.25) is 0 Å². The molecule has 0 aliphatic carbocycles. The van der Waals surface area contributed by atoms with Crippen molar-refractivity contribution in [3.05, 3.63) is 42.0 Å². The minimum absolute atomic E-state index is 0.298. The molecule has 0 fully saturated rings. The SMILES string of the molecule is C=CCC(C)Nc1ccc(C(=O)O)cc1C. The van der Waals surface area contributed by atoms with E-state index in [0.717, 1.165) is 17.7 Å². The highest BCUT2D eigenvalue weighted by molar-refractivity contribution is 5.88. The lowest BCUT2D eigenvalue weighted by molar-refractivity contribution is 0.0697. The number of hydrogen-bond acceptors (Lipinski definition) is 2. The van der Waals surface area contributed by atoms with Gasteiger partial charge in [-0.2, -0.15) is 0 Å². The number of carboxylic acids is 1. The zero-order valence-corrected chi connectivity index (χ0v) is 9.66. The van der Waals surface area contributed by atoms with Crippen LogP contribution in [0.1, 0.15) is 29.3 Å². The van der Waals surface area contributed by atoms with Gasteiger partial charge in [-0.1, -0.05) is 6.08 Å². The summed E-state index contributed by atoms with van der Waals surface area (Å²) in [5, 5.41) is 12.1. The summed E-state index contributed by atoms with van der Waals surface area (Å²) >= 11 is 0. The molecule has 3 nitrogen and oxygen atoms in total. The van der Waals surface area contributed by atoms with Gasteiger partial charge in [-0.3, -0.25) is 0 Å². The lowest BCUT2D eigenvalue weighted by Crippen LogP contribution is -2.14. The van der Waals surface area contributed by atoms with E-state index in [1.807, 2.05) is 13.0 Å². The molecule has 1 atom stereocenters. The second-order valence-corrected chi connectivity index (χ2v) is 3.90. The van der Waals surface area contributed by atoms with Crippen LogP contribution in [-0.4, -0.2) is 17.1 Å². The van der Waals surface area contributed by atoms with Gasteiger partial charge in [-0.05, 0) is 44.0 Å². The van der Waals surface area contributed by atoms with Gasteiger partial charge in [-0.25, -0.2) is 4.79 Å². The molecular formula is C13H17NO2. The molecule has 0 radical (unpaired) electrons. The van der Waals surface area contributed by atoms with Crippen LogP contribution in [0.25, 0.3) is 0 Å². The number of carbonyl (C=O) groups is 1. The molecule has 0 spiro atoms. The molecule has 0 saturated carbocycles. The molecule has 86 valence electrons. The topological polar surface area (TPSA) is 49.3 Å². The number of anilines is 1. The van der Waals surface area contributed by atoms with Crippen LogP contribution in [0.4, 0.5) is 5.69 Å². The Morgan fingerprint density at radius 1 is 1.62 bits per heavy atom. The monoisotopic (exact) mass is 219 g/mol. The quantitative estimate of drug-likeness (QED) is 0.748. The standard InChI is InChI=1S/C13H17NO2/c1-4-5-10(3)14-12-7-6-11(13(15)16)8-9(12)2/h4,6-8,10,14H,1,5H2,2-3H3,(H,15,16). The summed E-state index contributed by atoms with van der Waals surface area (Å²) in [5.74, 6) is -0.895. The number of carboxylic acid groups (broad SMARTS) is 1. The van der Waals surface area contributed by atoms with E-state index in [9.17, 15) is 4.79 Å². The minimum Gasteiger partial charge on any atom is -0.478 e. The third kappa shape index (κ3) is 3.12. The average Bonchev–Trinajstić information content (AvgIpc) is 2.21. The number of aromatic carboxylic acids is 1. The molecule has 16 heavy (non-hydrogen) atoms. The van der Waals surface area contributed by atoms with Gasteiger partial charge >= 0.3 is 5.97 Å². The van der Waals surface area contributed by atoms with Crippen molar-refractivity contribution >= 4 is 11.7 Å². The van der Waals surface area contributed by atoms with E-state index in [1.54, 1.807) is 18.2 Å². The lowest BCUT2D eigenvalue weighted by atomic mass is 10.1. The van der Waals surface area contributed by atoms with Gasteiger partial charge in [0.05, 0.1) is 5.56 Å². The molecule has 0 amide bonds. The van der Waals surface area contributed by atoms with Crippen molar-refractivity contribution in [2.75, 3.05) is 5.32 Å². The molecule has 0 aliphatic rings. The fraction of sp³-hybridized carbons (Fsp3) is 0.308. The maximum atomic E-state index is 10.8. The molecule has 0 heterocycles. The number of hydrogen-bond donors (Lipinski definition) is 2. The lowest BCUT2D eigenvalue weighted by Gasteiger charge is -2.15. The van der Waals surface area contributed by atoms with E-state index in [0.29, 0.717) is 11.6 Å². The van der Waals surface area contributed by atoms with E-state index < -0.39 is 5.97 Å². The summed E-state index contributed by atoms with van der Waals surface area (Å²) in [4.78, 5) is 10.8. The smallest absolute Gasteiger partial charge is 0.335 e. The van der Waals surface area contributed by atoms with E-state index in [-0.39, 0.29) is 0 Å². The molecule has 1 aromatic carbocycles. The largest absolute Gasteiger partial charge is 0.478 e. The Morgan fingerprint density at radius 2 is 2.31 bits per heavy atom. The molecule has 0 aromatic heterocycles. The van der Waals surface area contributed by atoms with E-state index >= 15 is 0 Å². The first-order valence-electron chi connectivity index (χ1n) is 5.26. The van der Waals surface area contributed by atoms with Gasteiger partial charge in [-0.15, -0.1) is 6.58 Å². The first kappa shape index (κ1) is 12.3. The maximum absolute atomic E-state index is 10.8. The van der Waals surface area contributed by atoms with Crippen molar-refractivity contribution in [2.24, 2.45) is 0 Å². The molecule has 1 rings (SSSR count). The van der Waals surface area contributed by atoms with Crippen LogP contribution in [0.5, 0.6) is 0 Å². The van der Waals surface area contributed by atoms with Gasteiger partial charge in [0.2, 0.25) is 0 Å². The van der Waals surface area contributed by atoms with Gasteiger partial charge in [0.1, 0.15) is 0 Å². The summed E-state index contributed by atoms with van der Waals surface area (Å²) in [6.45, 7) is 7.64. The van der Waals surface area contributed by atoms with Crippen LogP contribution in [0.15, 0.2) is 30.9 Å². The fourth-order valence-electron chi connectivity index (χ4n) is 1.53. The van der Waals surface area contributed by atoms with Crippen molar-refractivity contribution in [1.82, 2.24) is 0 Å². The van der Waals surface area contributed by atoms with Gasteiger partial charge in [0.15, 0.2) is 0 Å². The summed E-state index contributed by atoms with van der Waals surface area (Å²) in [5.41, 5.74) is 2.23. The summed E-state index contributed by atoms with van der Waals surface area (Å²) in [6.07, 6.45) is 2.73. The zero-order chi connectivity index (χ0) is 12.1. The second kappa shape index (κ2) is 5.35. The van der Waals surface area contributed by atoms with Crippen LogP contribution < -0.4 is 5.32 Å². The van der Waals surface area contributed by atoms with Crippen molar-refractivity contribution in [3.8, 4) is 0 Å². The zero-order valence-electron chi connectivity index (χ0n) is 9.66. The van der Waals surface area contributed by atoms with Crippen LogP contribution in [0.3, 0.4) is 0 Å². The van der Waals surface area contributed by atoms with E-state index in [1.165, 1.54) is 0 Å². The maximum Gasteiger partial charge on any atom is 0.335 e. The molecule has 0 bridgehead atoms. The average molecular weight is 219 g/mol. The molecule has 0 aliphatic heterocycles. The molecule has 1 aromatic rings. The first-order valence-corrected chi connectivity index (χ1v) is 5.26. The third-order valence-corrected chi connectivity index (χ3v) is 2.40. The molecule has 2 N–H and O–H groups in total. The number of aryl methyl sites for hydroxylation is 1. The van der Waals surface area contributed by atoms with Crippen molar-refractivity contribution < 1.29 is 9.90 Å². The fourth-order valence-corrected chi connectivity index (χ4v) is 1.53. The normalized spacial score (nSPS) is 11.9. The highest BCUT2D eigenvalue weighted by Crippen LogP contribution is 2.18. The first-order chi connectivity index (χ1) is 7.54. The Hall–Kier alpha value is -1.77. The summed E-state index contributed by atoms with van der Waals surface area (Å²) < 4.78 is 0. The Balaban J connectivity index is 2.82. The van der Waals surface area contributed by atoms with Gasteiger partial charge < -0.3 is 10.4 Å². The van der Waals surface area contributed by atoms with Crippen LogP contribution >= 0.6 is 0 Å². The molecule has 1 unspecified atom stereocenters. The Kier molecular flexibility index (Phi) is 4.11. The molecule has 0 saturated heterocycles. The number of benzene rings is 1. The second-order valence-electron chi connectivity index (χ2n) is 3.90. The van der Waals surface area contributed by atoms with Crippen LogP contribution in [0, 0.1) is 6.92 Å². The minimum atomic E-state index is -0.895. The Bertz CT molecular complexity index is 399. The van der Waals surface area contributed by atoms with Crippen molar-refractivity contribution in [2.45, 2.75) is 26.3 Å². The predicted octanol–water partition coefficient (Wildman–Crippen LogP) is 3.07. The van der Waals surface area contributed by atoms with E-state index in [4.69, 9.17) is 5.11 Å². The van der Waals surface area contributed by atoms with Crippen molar-refractivity contribution in [1.29, 1.82) is 0 Å². The van der Waals surface area contributed by atoms with Gasteiger partial charge in [0.25, 0.3) is 0 Å². The number of nitrogens with one attached hydrogen (secondary N) is 1. The highest BCUT2D eigenvalue weighted by atomic mass is 16.4. The summed E-state index contributed by atoms with van der Waals surface area (Å²) in [7, 11) is 0.